The minimum Gasteiger partial charge on any atom is -0.338 e. The Kier molecular flexibility index (Phi) is 4.20. The van der Waals surface area contributed by atoms with Crippen LogP contribution in [0.2, 0.25) is 0 Å². The lowest BCUT2D eigenvalue weighted by atomic mass is 10.0. The molecule has 1 aliphatic heterocycles. The topological polar surface area (TPSA) is 76.8 Å². The molecule has 4 rings (SSSR count). The SMILES string of the molecule is Cc1ccc(C(=O)N2CCc3ncnc(-c4cnn(C)c4)c3CC2)cn1. The van der Waals surface area contributed by atoms with E-state index in [4.69, 9.17) is 0 Å². The van der Waals surface area contributed by atoms with E-state index >= 15 is 0 Å². The molecule has 132 valence electrons. The second kappa shape index (κ2) is 6.67. The van der Waals surface area contributed by atoms with Crippen molar-refractivity contribution >= 4 is 5.91 Å². The van der Waals surface area contributed by atoms with E-state index in [1.165, 1.54) is 0 Å². The number of carbonyl (C=O) groups is 1. The van der Waals surface area contributed by atoms with Crippen LogP contribution < -0.4 is 0 Å². The zero-order chi connectivity index (χ0) is 18.1. The molecule has 0 radical (unpaired) electrons. The van der Waals surface area contributed by atoms with Gasteiger partial charge >= 0.3 is 0 Å². The third-order valence-corrected chi connectivity index (χ3v) is 4.71. The van der Waals surface area contributed by atoms with Crippen molar-refractivity contribution < 1.29 is 4.79 Å². The van der Waals surface area contributed by atoms with Crippen molar-refractivity contribution in [3.63, 3.8) is 0 Å². The molecule has 0 saturated carbocycles. The van der Waals surface area contributed by atoms with Crippen molar-refractivity contribution in [2.45, 2.75) is 19.8 Å². The molecule has 0 unspecified atom stereocenters. The third kappa shape index (κ3) is 3.08. The van der Waals surface area contributed by atoms with Gasteiger partial charge in [0.25, 0.3) is 5.91 Å². The number of aryl methyl sites for hydroxylation is 2. The molecule has 0 spiro atoms. The van der Waals surface area contributed by atoms with Crippen LogP contribution >= 0.6 is 0 Å². The van der Waals surface area contributed by atoms with Gasteiger partial charge in [-0.05, 0) is 25.5 Å². The van der Waals surface area contributed by atoms with Gasteiger partial charge in [0, 0.05) is 61.5 Å². The number of pyridine rings is 1. The molecule has 26 heavy (non-hydrogen) atoms. The number of fused-ring (bicyclic) bond motifs is 1. The number of carbonyl (C=O) groups excluding carboxylic acids is 1. The molecule has 4 heterocycles. The molecular formula is C19H20N6O. The normalized spacial score (nSPS) is 14.0. The summed E-state index contributed by atoms with van der Waals surface area (Å²) in [7, 11) is 1.89. The Labute approximate surface area is 151 Å². The summed E-state index contributed by atoms with van der Waals surface area (Å²) >= 11 is 0. The second-order valence-corrected chi connectivity index (χ2v) is 6.53. The molecule has 0 bridgehead atoms. The van der Waals surface area contributed by atoms with Gasteiger partial charge in [0.15, 0.2) is 0 Å². The molecule has 3 aromatic rings. The molecular weight excluding hydrogens is 328 g/mol. The highest BCUT2D eigenvalue weighted by molar-refractivity contribution is 5.94. The molecule has 0 N–H and O–H groups in total. The maximum Gasteiger partial charge on any atom is 0.255 e. The Hall–Kier alpha value is -3.09. The fraction of sp³-hybridized carbons (Fsp3) is 0.316. The van der Waals surface area contributed by atoms with Crippen LogP contribution in [0.3, 0.4) is 0 Å². The lowest BCUT2D eigenvalue weighted by molar-refractivity contribution is 0.0762. The van der Waals surface area contributed by atoms with Gasteiger partial charge in [-0.25, -0.2) is 9.97 Å². The molecule has 7 heteroatoms. The zero-order valence-electron chi connectivity index (χ0n) is 14.9. The molecule has 0 atom stereocenters. The number of rotatable bonds is 2. The quantitative estimate of drug-likeness (QED) is 0.706. The van der Waals surface area contributed by atoms with Crippen molar-refractivity contribution in [3.05, 3.63) is 59.6 Å². The average Bonchev–Trinajstić information content (AvgIpc) is 2.96. The van der Waals surface area contributed by atoms with Crippen molar-refractivity contribution in [1.29, 1.82) is 0 Å². The summed E-state index contributed by atoms with van der Waals surface area (Å²) in [5.41, 5.74) is 5.54. The molecule has 3 aromatic heterocycles. The Balaban J connectivity index is 1.59. The first-order valence-corrected chi connectivity index (χ1v) is 8.65. The van der Waals surface area contributed by atoms with Crippen LogP contribution in [0.5, 0.6) is 0 Å². The predicted molar refractivity (Wildman–Crippen MR) is 96.5 cm³/mol. The number of hydrogen-bond acceptors (Lipinski definition) is 5. The van der Waals surface area contributed by atoms with Gasteiger partial charge in [0.1, 0.15) is 6.33 Å². The second-order valence-electron chi connectivity index (χ2n) is 6.53. The van der Waals surface area contributed by atoms with Crippen LogP contribution in [0.25, 0.3) is 11.3 Å². The van der Waals surface area contributed by atoms with Crippen molar-refractivity contribution in [1.82, 2.24) is 29.6 Å². The fourth-order valence-electron chi connectivity index (χ4n) is 3.30. The van der Waals surface area contributed by atoms with E-state index in [1.807, 2.05) is 43.4 Å². The summed E-state index contributed by atoms with van der Waals surface area (Å²) in [6, 6.07) is 3.70. The molecule has 0 aliphatic carbocycles. The first-order valence-electron chi connectivity index (χ1n) is 8.65. The van der Waals surface area contributed by atoms with E-state index < -0.39 is 0 Å². The lowest BCUT2D eigenvalue weighted by Gasteiger charge is -2.20. The Morgan fingerprint density at radius 1 is 1.08 bits per heavy atom. The Bertz CT molecular complexity index is 947. The van der Waals surface area contributed by atoms with Gasteiger partial charge in [0.2, 0.25) is 0 Å². The first kappa shape index (κ1) is 16.4. The standard InChI is InChI=1S/C19H20N6O/c1-13-3-4-14(9-20-13)19(26)25-7-5-16-17(6-8-25)21-12-22-18(16)15-10-23-24(2)11-15/h3-4,9-12H,5-8H2,1-2H3. The minimum atomic E-state index is 0.0150. The van der Waals surface area contributed by atoms with E-state index in [9.17, 15) is 4.79 Å². The molecule has 0 fully saturated rings. The van der Waals surface area contributed by atoms with Crippen molar-refractivity contribution in [2.75, 3.05) is 13.1 Å². The number of hydrogen-bond donors (Lipinski definition) is 0. The van der Waals surface area contributed by atoms with Crippen LogP contribution in [0, 0.1) is 6.92 Å². The number of aromatic nitrogens is 5. The fourth-order valence-corrected chi connectivity index (χ4v) is 3.30. The molecule has 1 amide bonds. The summed E-state index contributed by atoms with van der Waals surface area (Å²) in [6.45, 7) is 3.19. The lowest BCUT2D eigenvalue weighted by Crippen LogP contribution is -2.33. The summed E-state index contributed by atoms with van der Waals surface area (Å²) in [6.07, 6.45) is 8.46. The van der Waals surface area contributed by atoms with E-state index in [1.54, 1.807) is 17.2 Å². The highest BCUT2D eigenvalue weighted by atomic mass is 16.2. The molecule has 7 nitrogen and oxygen atoms in total. The van der Waals surface area contributed by atoms with Gasteiger partial charge in [0.05, 0.1) is 17.5 Å². The molecule has 0 aromatic carbocycles. The highest BCUT2D eigenvalue weighted by Gasteiger charge is 2.23. The summed E-state index contributed by atoms with van der Waals surface area (Å²) < 4.78 is 1.76. The molecule has 0 saturated heterocycles. The average molecular weight is 348 g/mol. The van der Waals surface area contributed by atoms with Gasteiger partial charge in [-0.1, -0.05) is 0 Å². The Morgan fingerprint density at radius 2 is 1.92 bits per heavy atom. The van der Waals surface area contributed by atoms with Gasteiger partial charge in [-0.2, -0.15) is 5.10 Å². The monoisotopic (exact) mass is 348 g/mol. The maximum atomic E-state index is 12.8. The van der Waals surface area contributed by atoms with Gasteiger partial charge in [-0.15, -0.1) is 0 Å². The van der Waals surface area contributed by atoms with Gasteiger partial charge in [-0.3, -0.25) is 14.5 Å². The van der Waals surface area contributed by atoms with Crippen LogP contribution in [-0.2, 0) is 19.9 Å². The maximum absolute atomic E-state index is 12.8. The van der Waals surface area contributed by atoms with Gasteiger partial charge < -0.3 is 4.90 Å². The summed E-state index contributed by atoms with van der Waals surface area (Å²) in [5.74, 6) is 0.0150. The van der Waals surface area contributed by atoms with Crippen molar-refractivity contribution in [3.8, 4) is 11.3 Å². The number of nitrogens with zero attached hydrogens (tertiary/aromatic N) is 6. The minimum absolute atomic E-state index is 0.0150. The van der Waals surface area contributed by atoms with Crippen LogP contribution in [-0.4, -0.2) is 48.6 Å². The highest BCUT2D eigenvalue weighted by Crippen LogP contribution is 2.25. The predicted octanol–water partition coefficient (Wildman–Crippen LogP) is 1.82. The number of amides is 1. The first-order chi connectivity index (χ1) is 12.6. The van der Waals surface area contributed by atoms with E-state index in [2.05, 4.69) is 20.1 Å². The van der Waals surface area contributed by atoms with Crippen LogP contribution in [0.4, 0.5) is 0 Å². The van der Waals surface area contributed by atoms with E-state index in [-0.39, 0.29) is 5.91 Å². The molecule has 1 aliphatic rings. The van der Waals surface area contributed by atoms with Crippen molar-refractivity contribution in [2.24, 2.45) is 7.05 Å². The zero-order valence-corrected chi connectivity index (χ0v) is 14.9. The van der Waals surface area contributed by atoms with Crippen LogP contribution in [0.1, 0.15) is 27.3 Å². The summed E-state index contributed by atoms with van der Waals surface area (Å²) in [5, 5.41) is 4.24. The Morgan fingerprint density at radius 3 is 2.65 bits per heavy atom. The third-order valence-electron chi connectivity index (χ3n) is 4.71. The summed E-state index contributed by atoms with van der Waals surface area (Å²) in [4.78, 5) is 27.9. The van der Waals surface area contributed by atoms with E-state index in [0.717, 1.165) is 41.1 Å². The largest absolute Gasteiger partial charge is 0.338 e. The van der Waals surface area contributed by atoms with Crippen LogP contribution in [0.15, 0.2) is 37.1 Å². The smallest absolute Gasteiger partial charge is 0.255 e. The van der Waals surface area contributed by atoms with E-state index in [0.29, 0.717) is 18.7 Å².